The fourth-order valence-corrected chi connectivity index (χ4v) is 2.85. The summed E-state index contributed by atoms with van der Waals surface area (Å²) in [5.41, 5.74) is 1.08. The van der Waals surface area contributed by atoms with E-state index in [1.807, 2.05) is 17.8 Å². The third-order valence-electron chi connectivity index (χ3n) is 3.04. The van der Waals surface area contributed by atoms with E-state index in [1.165, 1.54) is 4.90 Å². The summed E-state index contributed by atoms with van der Waals surface area (Å²) in [6, 6.07) is 5.33. The Kier molecular flexibility index (Phi) is 6.72. The zero-order valence-corrected chi connectivity index (χ0v) is 12.6. The summed E-state index contributed by atoms with van der Waals surface area (Å²) in [5, 5.41) is 3.99. The Labute approximate surface area is 115 Å². The van der Waals surface area contributed by atoms with Gasteiger partial charge in [-0.3, -0.25) is 0 Å². The van der Waals surface area contributed by atoms with Crippen LogP contribution in [0.4, 0.5) is 4.39 Å². The van der Waals surface area contributed by atoms with E-state index in [0.717, 1.165) is 24.9 Å². The molecular formula is C15H24FNS. The molecule has 1 aromatic rings. The molecule has 0 radical (unpaired) electrons. The van der Waals surface area contributed by atoms with Gasteiger partial charge in [-0.05, 0) is 50.1 Å². The van der Waals surface area contributed by atoms with Crippen LogP contribution >= 0.6 is 11.8 Å². The maximum absolute atomic E-state index is 13.4. The van der Waals surface area contributed by atoms with Crippen LogP contribution in [-0.2, 0) is 0 Å². The standard InChI is InChI=1S/C15H24FNS/c1-5-9-17-12(4)14-10-13(16)7-8-15(14)18-11(3)6-2/h7-8,10-12,17H,5-6,9H2,1-4H3. The highest BCUT2D eigenvalue weighted by Crippen LogP contribution is 2.32. The number of nitrogens with one attached hydrogen (secondary N) is 1. The second kappa shape index (κ2) is 7.80. The highest BCUT2D eigenvalue weighted by Gasteiger charge is 2.13. The van der Waals surface area contributed by atoms with Gasteiger partial charge in [-0.15, -0.1) is 11.8 Å². The van der Waals surface area contributed by atoms with Crippen molar-refractivity contribution in [2.45, 2.75) is 56.7 Å². The van der Waals surface area contributed by atoms with E-state index in [4.69, 9.17) is 0 Å². The lowest BCUT2D eigenvalue weighted by molar-refractivity contribution is 0.554. The molecule has 0 amide bonds. The molecule has 1 nitrogen and oxygen atoms in total. The van der Waals surface area contributed by atoms with Crippen molar-refractivity contribution in [3.05, 3.63) is 29.6 Å². The van der Waals surface area contributed by atoms with E-state index in [-0.39, 0.29) is 11.9 Å². The Morgan fingerprint density at radius 3 is 2.61 bits per heavy atom. The van der Waals surface area contributed by atoms with Gasteiger partial charge < -0.3 is 5.32 Å². The smallest absolute Gasteiger partial charge is 0.123 e. The summed E-state index contributed by atoms with van der Waals surface area (Å²) < 4.78 is 13.4. The molecule has 3 heteroatoms. The highest BCUT2D eigenvalue weighted by molar-refractivity contribution is 8.00. The van der Waals surface area contributed by atoms with Crippen LogP contribution in [0.1, 0.15) is 52.1 Å². The average Bonchev–Trinajstić information content (AvgIpc) is 2.37. The van der Waals surface area contributed by atoms with E-state index in [0.29, 0.717) is 5.25 Å². The molecule has 0 aliphatic rings. The van der Waals surface area contributed by atoms with Crippen LogP contribution in [0, 0.1) is 5.82 Å². The zero-order chi connectivity index (χ0) is 13.5. The second-order valence-corrected chi connectivity index (χ2v) is 6.17. The first-order chi connectivity index (χ1) is 8.58. The number of thioether (sulfide) groups is 1. The predicted molar refractivity (Wildman–Crippen MR) is 78.7 cm³/mol. The molecule has 0 aliphatic heterocycles. The number of rotatable bonds is 7. The van der Waals surface area contributed by atoms with Gasteiger partial charge in [0.25, 0.3) is 0 Å². The quantitative estimate of drug-likeness (QED) is 0.715. The molecule has 0 aliphatic carbocycles. The van der Waals surface area contributed by atoms with Gasteiger partial charge in [0.1, 0.15) is 5.82 Å². The minimum Gasteiger partial charge on any atom is -0.310 e. The topological polar surface area (TPSA) is 12.0 Å². The Hall–Kier alpha value is -0.540. The fourth-order valence-electron chi connectivity index (χ4n) is 1.74. The van der Waals surface area contributed by atoms with Crippen molar-refractivity contribution in [3.63, 3.8) is 0 Å². The third-order valence-corrected chi connectivity index (χ3v) is 4.40. The van der Waals surface area contributed by atoms with Crippen molar-refractivity contribution in [1.29, 1.82) is 0 Å². The van der Waals surface area contributed by atoms with Gasteiger partial charge in [0.05, 0.1) is 0 Å². The van der Waals surface area contributed by atoms with Gasteiger partial charge in [0.15, 0.2) is 0 Å². The summed E-state index contributed by atoms with van der Waals surface area (Å²) in [5.74, 6) is -0.149. The normalized spacial score (nSPS) is 14.5. The molecule has 102 valence electrons. The summed E-state index contributed by atoms with van der Waals surface area (Å²) in [6.45, 7) is 9.60. The average molecular weight is 269 g/mol. The summed E-state index contributed by atoms with van der Waals surface area (Å²) in [7, 11) is 0. The Bertz CT molecular complexity index is 368. The first-order valence-corrected chi connectivity index (χ1v) is 7.65. The minimum atomic E-state index is -0.149. The first-order valence-electron chi connectivity index (χ1n) is 6.77. The molecule has 0 saturated heterocycles. The van der Waals surface area contributed by atoms with Crippen LogP contribution in [0.2, 0.25) is 0 Å². The molecule has 0 aromatic heterocycles. The number of halogens is 1. The second-order valence-electron chi connectivity index (χ2n) is 4.69. The van der Waals surface area contributed by atoms with Crippen LogP contribution in [0.5, 0.6) is 0 Å². The highest BCUT2D eigenvalue weighted by atomic mass is 32.2. The molecule has 0 spiro atoms. The monoisotopic (exact) mass is 269 g/mol. The SMILES string of the molecule is CCCNC(C)c1cc(F)ccc1SC(C)CC. The van der Waals surface area contributed by atoms with Crippen LogP contribution < -0.4 is 5.32 Å². The maximum atomic E-state index is 13.4. The molecule has 1 rings (SSSR count). The maximum Gasteiger partial charge on any atom is 0.123 e. The fraction of sp³-hybridized carbons (Fsp3) is 0.600. The number of hydrogen-bond acceptors (Lipinski definition) is 2. The minimum absolute atomic E-state index is 0.149. The molecule has 2 atom stereocenters. The van der Waals surface area contributed by atoms with Gasteiger partial charge in [0, 0.05) is 16.2 Å². The summed E-state index contributed by atoms with van der Waals surface area (Å²) >= 11 is 1.83. The third kappa shape index (κ3) is 4.62. The Balaban J connectivity index is 2.88. The van der Waals surface area contributed by atoms with Gasteiger partial charge in [-0.2, -0.15) is 0 Å². The van der Waals surface area contributed by atoms with E-state index >= 15 is 0 Å². The molecule has 0 heterocycles. The van der Waals surface area contributed by atoms with Crippen molar-refractivity contribution in [3.8, 4) is 0 Å². The van der Waals surface area contributed by atoms with Gasteiger partial charge in [0.2, 0.25) is 0 Å². The lowest BCUT2D eigenvalue weighted by Gasteiger charge is -2.19. The van der Waals surface area contributed by atoms with Crippen LogP contribution in [-0.4, -0.2) is 11.8 Å². The molecular weight excluding hydrogens is 245 g/mol. The molecule has 1 N–H and O–H groups in total. The van der Waals surface area contributed by atoms with Crippen molar-refractivity contribution >= 4 is 11.8 Å². The van der Waals surface area contributed by atoms with E-state index in [9.17, 15) is 4.39 Å². The van der Waals surface area contributed by atoms with Crippen molar-refractivity contribution in [1.82, 2.24) is 5.32 Å². The molecule has 18 heavy (non-hydrogen) atoms. The van der Waals surface area contributed by atoms with Crippen LogP contribution in [0.15, 0.2) is 23.1 Å². The summed E-state index contributed by atoms with van der Waals surface area (Å²) in [4.78, 5) is 1.20. The van der Waals surface area contributed by atoms with E-state index in [1.54, 1.807) is 12.1 Å². The predicted octanol–water partition coefficient (Wildman–Crippen LogP) is 4.78. The van der Waals surface area contributed by atoms with Gasteiger partial charge in [-0.25, -0.2) is 4.39 Å². The molecule has 0 bridgehead atoms. The van der Waals surface area contributed by atoms with E-state index < -0.39 is 0 Å². The Morgan fingerprint density at radius 2 is 2.00 bits per heavy atom. The summed E-state index contributed by atoms with van der Waals surface area (Å²) in [6.07, 6.45) is 2.21. The number of benzene rings is 1. The molecule has 0 saturated carbocycles. The molecule has 0 fully saturated rings. The van der Waals surface area contributed by atoms with Crippen LogP contribution in [0.25, 0.3) is 0 Å². The molecule has 1 aromatic carbocycles. The van der Waals surface area contributed by atoms with Crippen molar-refractivity contribution < 1.29 is 4.39 Å². The van der Waals surface area contributed by atoms with Crippen molar-refractivity contribution in [2.75, 3.05) is 6.54 Å². The lowest BCUT2D eigenvalue weighted by atomic mass is 10.1. The van der Waals surface area contributed by atoms with Gasteiger partial charge >= 0.3 is 0 Å². The lowest BCUT2D eigenvalue weighted by Crippen LogP contribution is -2.20. The zero-order valence-electron chi connectivity index (χ0n) is 11.8. The largest absolute Gasteiger partial charge is 0.310 e. The first kappa shape index (κ1) is 15.5. The number of hydrogen-bond donors (Lipinski definition) is 1. The van der Waals surface area contributed by atoms with E-state index in [2.05, 4.69) is 33.0 Å². The Morgan fingerprint density at radius 1 is 1.28 bits per heavy atom. The molecule has 2 unspecified atom stereocenters. The van der Waals surface area contributed by atoms with Crippen molar-refractivity contribution in [2.24, 2.45) is 0 Å². The van der Waals surface area contributed by atoms with Gasteiger partial charge in [-0.1, -0.05) is 20.8 Å². The van der Waals surface area contributed by atoms with Crippen LogP contribution in [0.3, 0.4) is 0 Å².